The summed E-state index contributed by atoms with van der Waals surface area (Å²) in [5.74, 6) is 0. The Balaban J connectivity index is -0.0000000886. The van der Waals surface area contributed by atoms with Crippen LogP contribution in [-0.2, 0) is 0 Å². The number of rotatable bonds is 1. The summed E-state index contributed by atoms with van der Waals surface area (Å²) >= 11 is 0. The Kier molecular flexibility index (Phi) is 35.0. The molecule has 0 aliphatic carbocycles. The first-order valence-electron chi connectivity index (χ1n) is 3.46. The summed E-state index contributed by atoms with van der Waals surface area (Å²) in [6.07, 6.45) is 0. The Labute approximate surface area is 72.8 Å². The zero-order valence-corrected chi connectivity index (χ0v) is 10.0. The number of aliphatic hydroxyl groups is 2. The van der Waals surface area contributed by atoms with Crippen LogP contribution < -0.4 is 0 Å². The topological polar surface area (TPSA) is 43.7 Å². The second-order valence-corrected chi connectivity index (χ2v) is 3.01. The first-order valence-corrected chi connectivity index (χ1v) is 4.61. The van der Waals surface area contributed by atoms with E-state index in [9.17, 15) is 0 Å². The average molecular weight is 179 g/mol. The van der Waals surface area contributed by atoms with E-state index in [-0.39, 0.29) is 13.2 Å². The third-order valence-electron chi connectivity index (χ3n) is 0.1000. The van der Waals surface area contributed by atoms with Gasteiger partial charge < -0.3 is 15.1 Å². The van der Waals surface area contributed by atoms with Crippen LogP contribution in [0.3, 0.4) is 0 Å². The van der Waals surface area contributed by atoms with E-state index in [2.05, 4.69) is 6.58 Å². The maximum Gasteiger partial charge on any atom is 0.0662 e. The lowest BCUT2D eigenvalue weighted by Gasteiger charge is -1.90. The standard InChI is InChI=1S/C3H9N.C2H6O2.C2H6Si/c1-4(2)3;3-1-2-4;1-2-3/h1-3H3;3-4H,1-2H2;2H,1H2,3H3. The van der Waals surface area contributed by atoms with Gasteiger partial charge in [0.2, 0.25) is 0 Å². The second-order valence-electron chi connectivity index (χ2n) is 2.20. The Morgan fingerprint density at radius 1 is 1.27 bits per heavy atom. The van der Waals surface area contributed by atoms with Crippen LogP contribution in [0.5, 0.6) is 0 Å². The third kappa shape index (κ3) is 863. The van der Waals surface area contributed by atoms with Crippen LogP contribution in [-0.4, -0.2) is 59.7 Å². The molecule has 0 unspecified atom stereocenters. The molecule has 0 aromatic rings. The van der Waals surface area contributed by atoms with Crippen LogP contribution >= 0.6 is 0 Å². The van der Waals surface area contributed by atoms with Gasteiger partial charge in [-0.3, -0.25) is 0 Å². The van der Waals surface area contributed by atoms with Crippen LogP contribution in [0, 0.1) is 0 Å². The molecule has 0 aromatic heterocycles. The van der Waals surface area contributed by atoms with Crippen molar-refractivity contribution in [3.05, 3.63) is 12.3 Å². The molecule has 0 atom stereocenters. The molecule has 70 valence electrons. The monoisotopic (exact) mass is 179 g/mol. The van der Waals surface area contributed by atoms with Crippen molar-refractivity contribution in [1.82, 2.24) is 4.90 Å². The van der Waals surface area contributed by atoms with Gasteiger partial charge in [0.15, 0.2) is 0 Å². The molecule has 0 saturated carbocycles. The van der Waals surface area contributed by atoms with Gasteiger partial charge in [0.1, 0.15) is 0 Å². The predicted octanol–water partition coefficient (Wildman–Crippen LogP) is -1.36. The highest BCUT2D eigenvalue weighted by atomic mass is 28.1. The maximum absolute atomic E-state index is 7.62. The first-order chi connectivity index (χ1) is 5.06. The van der Waals surface area contributed by atoms with Gasteiger partial charge in [-0.15, -0.1) is 12.3 Å². The number of hydrogen-bond donors (Lipinski definition) is 2. The number of hydrogen-bond acceptors (Lipinski definition) is 3. The predicted molar refractivity (Wildman–Crippen MR) is 53.9 cm³/mol. The Hall–Kier alpha value is -0.163. The molecule has 0 saturated heterocycles. The fraction of sp³-hybridized carbons (Fsp3) is 0.714. The minimum absolute atomic E-state index is 0.125. The van der Waals surface area contributed by atoms with Crippen molar-refractivity contribution >= 4 is 10.2 Å². The lowest BCUT2D eigenvalue weighted by atomic mass is 10.8. The minimum atomic E-state index is -0.125. The molecule has 0 spiro atoms. The largest absolute Gasteiger partial charge is 0.394 e. The summed E-state index contributed by atoms with van der Waals surface area (Å²) in [5.41, 5.74) is 1.89. The minimum Gasteiger partial charge on any atom is -0.394 e. The molecule has 2 N–H and O–H groups in total. The highest BCUT2D eigenvalue weighted by Gasteiger charge is 1.58. The van der Waals surface area contributed by atoms with E-state index in [1.165, 1.54) is 0 Å². The number of nitrogens with zero attached hydrogens (tertiary/aromatic N) is 1. The lowest BCUT2D eigenvalue weighted by molar-refractivity contribution is 0.186. The van der Waals surface area contributed by atoms with Crippen LogP contribution in [0.1, 0.15) is 0 Å². The normalized spacial score (nSPS) is 7.45. The first kappa shape index (κ1) is 17.1. The van der Waals surface area contributed by atoms with E-state index in [0.717, 1.165) is 10.2 Å². The molecule has 0 aliphatic rings. The smallest absolute Gasteiger partial charge is 0.0662 e. The molecule has 0 aromatic carbocycles. The third-order valence-corrected chi connectivity index (χ3v) is 0.1000. The molecule has 0 fully saturated rings. The van der Waals surface area contributed by atoms with Gasteiger partial charge in [0, 0.05) is 10.2 Å². The van der Waals surface area contributed by atoms with Crippen molar-refractivity contribution in [1.29, 1.82) is 0 Å². The molecule has 0 bridgehead atoms. The van der Waals surface area contributed by atoms with Gasteiger partial charge in [0.25, 0.3) is 0 Å². The van der Waals surface area contributed by atoms with Crippen molar-refractivity contribution in [2.24, 2.45) is 0 Å². The van der Waals surface area contributed by atoms with E-state index in [4.69, 9.17) is 10.2 Å². The van der Waals surface area contributed by atoms with Crippen molar-refractivity contribution in [3.63, 3.8) is 0 Å². The summed E-state index contributed by atoms with van der Waals surface area (Å²) in [6.45, 7) is 3.17. The summed E-state index contributed by atoms with van der Waals surface area (Å²) < 4.78 is 0. The Morgan fingerprint density at radius 2 is 1.36 bits per heavy atom. The summed E-state index contributed by atoms with van der Waals surface area (Å²) in [7, 11) is 7.13. The van der Waals surface area contributed by atoms with Crippen LogP contribution in [0.15, 0.2) is 12.3 Å². The molecular formula is C7H21NO2Si. The molecule has 0 heterocycles. The van der Waals surface area contributed by atoms with E-state index in [0.29, 0.717) is 0 Å². The molecule has 0 rings (SSSR count). The van der Waals surface area contributed by atoms with Gasteiger partial charge in [-0.05, 0) is 21.1 Å². The molecule has 3 nitrogen and oxygen atoms in total. The van der Waals surface area contributed by atoms with E-state index < -0.39 is 0 Å². The van der Waals surface area contributed by atoms with Crippen LogP contribution in [0.25, 0.3) is 0 Å². The van der Waals surface area contributed by atoms with E-state index in [1.807, 2.05) is 31.7 Å². The van der Waals surface area contributed by atoms with Gasteiger partial charge in [-0.25, -0.2) is 0 Å². The quantitative estimate of drug-likeness (QED) is 0.489. The van der Waals surface area contributed by atoms with Crippen molar-refractivity contribution in [2.45, 2.75) is 0 Å². The fourth-order valence-corrected chi connectivity index (χ4v) is 0. The zero-order valence-electron chi connectivity index (χ0n) is 8.04. The molecule has 0 amide bonds. The van der Waals surface area contributed by atoms with E-state index >= 15 is 0 Å². The van der Waals surface area contributed by atoms with Crippen molar-refractivity contribution in [2.75, 3.05) is 34.4 Å². The maximum atomic E-state index is 7.62. The van der Waals surface area contributed by atoms with Gasteiger partial charge in [-0.1, -0.05) is 0 Å². The van der Waals surface area contributed by atoms with Crippen molar-refractivity contribution < 1.29 is 10.2 Å². The van der Waals surface area contributed by atoms with Crippen LogP contribution in [0.2, 0.25) is 0 Å². The Bertz CT molecular complexity index is 55.6. The van der Waals surface area contributed by atoms with Gasteiger partial charge in [-0.2, -0.15) is 0 Å². The summed E-state index contributed by atoms with van der Waals surface area (Å²) in [5, 5.41) is 15.2. The van der Waals surface area contributed by atoms with Gasteiger partial charge in [0.05, 0.1) is 13.2 Å². The Morgan fingerprint density at radius 3 is 1.36 bits per heavy atom. The van der Waals surface area contributed by atoms with Gasteiger partial charge >= 0.3 is 0 Å². The summed E-state index contributed by atoms with van der Waals surface area (Å²) in [6, 6.07) is 0. The molecule has 4 heteroatoms. The average Bonchev–Trinajstić information content (AvgIpc) is 1.88. The highest BCUT2D eigenvalue weighted by Crippen LogP contribution is 1.47. The molecule has 11 heavy (non-hydrogen) atoms. The fourth-order valence-electron chi connectivity index (χ4n) is 0. The molecule has 0 aliphatic heterocycles. The molecular weight excluding hydrogens is 158 g/mol. The SMILES string of the molecule is C=C[SiH3].CN(C)C.OCCO. The zero-order chi connectivity index (χ0) is 9.70. The number of aliphatic hydroxyl groups excluding tert-OH is 2. The molecule has 0 radical (unpaired) electrons. The lowest BCUT2D eigenvalue weighted by Crippen LogP contribution is -1.99. The van der Waals surface area contributed by atoms with Crippen LogP contribution in [0.4, 0.5) is 0 Å². The second kappa shape index (κ2) is 22.5. The summed E-state index contributed by atoms with van der Waals surface area (Å²) in [4.78, 5) is 2.00. The highest BCUT2D eigenvalue weighted by molar-refractivity contribution is 6.16. The van der Waals surface area contributed by atoms with E-state index in [1.54, 1.807) is 0 Å². The van der Waals surface area contributed by atoms with Crippen molar-refractivity contribution in [3.8, 4) is 0 Å².